The predicted molar refractivity (Wildman–Crippen MR) is 151 cm³/mol. The fraction of sp³-hybridized carbons (Fsp3) is 0.935. The van der Waals surface area contributed by atoms with Gasteiger partial charge >= 0.3 is 0 Å². The Morgan fingerprint density at radius 3 is 2.46 bits per heavy atom. The van der Waals surface area contributed by atoms with Gasteiger partial charge in [-0.05, 0) is 111 Å². The standard InChI is InChI=1S/C31H51NO6S/c1-21(4-9-29(34)32(16-19-39(35,36)37)23-12-17-38-18-13-23)26-7-8-27-25-6-5-22-20-24(33)10-14-30(22,2)28(25)11-15-31(26,27)3/h21-23,25-28H,4-20H2,1-3H3,(H,35,36,37)/t21-,22-,25+,26-,27+,28+,30+,31-/m1/s1. The first-order valence-electron chi connectivity index (χ1n) is 15.8. The molecule has 39 heavy (non-hydrogen) atoms. The van der Waals surface area contributed by atoms with Gasteiger partial charge in [0.2, 0.25) is 5.91 Å². The normalized spacial score (nSPS) is 39.9. The summed E-state index contributed by atoms with van der Waals surface area (Å²) >= 11 is 0. The number of Topliss-reactive ketones (excluding diaryl/α,β-unsaturated/α-hetero) is 1. The van der Waals surface area contributed by atoms with Crippen molar-refractivity contribution in [2.75, 3.05) is 25.5 Å². The lowest BCUT2D eigenvalue weighted by Gasteiger charge is -2.60. The minimum Gasteiger partial charge on any atom is -0.381 e. The largest absolute Gasteiger partial charge is 0.381 e. The Bertz CT molecular complexity index is 1020. The second kappa shape index (κ2) is 11.4. The molecule has 222 valence electrons. The predicted octanol–water partition coefficient (Wildman–Crippen LogP) is 5.53. The number of nitrogens with zero attached hydrogens (tertiary/aromatic N) is 1. The van der Waals surface area contributed by atoms with Gasteiger partial charge in [-0.1, -0.05) is 20.8 Å². The Kier molecular flexibility index (Phi) is 8.59. The zero-order chi connectivity index (χ0) is 28.0. The van der Waals surface area contributed by atoms with E-state index in [9.17, 15) is 22.6 Å². The second-order valence-electron chi connectivity index (χ2n) is 14.4. The number of hydrogen-bond donors (Lipinski definition) is 1. The third kappa shape index (κ3) is 5.86. The molecular formula is C31H51NO6S. The molecule has 1 N–H and O–H groups in total. The SMILES string of the molecule is C[C@H](CCC(=O)N(CCS(=O)(=O)O)C1CCOCC1)[C@H]1CC[C@H]2[C@@H]3CC[C@@H]4CC(=O)CC[C@]4(C)[C@H]3CC[C@]12C. The van der Waals surface area contributed by atoms with Crippen LogP contribution in [0.4, 0.5) is 0 Å². The molecule has 5 fully saturated rings. The fourth-order valence-corrected chi connectivity index (χ4v) is 10.9. The average molecular weight is 566 g/mol. The highest BCUT2D eigenvalue weighted by Gasteiger charge is 2.60. The summed E-state index contributed by atoms with van der Waals surface area (Å²) in [4.78, 5) is 27.3. The molecule has 8 heteroatoms. The lowest BCUT2D eigenvalue weighted by molar-refractivity contribution is -0.140. The van der Waals surface area contributed by atoms with Crippen LogP contribution in [0.25, 0.3) is 0 Å². The quantitative estimate of drug-likeness (QED) is 0.389. The monoisotopic (exact) mass is 565 g/mol. The molecule has 1 heterocycles. The van der Waals surface area contributed by atoms with Crippen molar-refractivity contribution >= 4 is 21.8 Å². The maximum atomic E-state index is 13.4. The summed E-state index contributed by atoms with van der Waals surface area (Å²) in [6, 6.07) is -0.0152. The Balaban J connectivity index is 1.22. The third-order valence-corrected chi connectivity index (χ3v) is 13.3. The smallest absolute Gasteiger partial charge is 0.266 e. The second-order valence-corrected chi connectivity index (χ2v) is 15.9. The summed E-state index contributed by atoms with van der Waals surface area (Å²) in [7, 11) is -4.12. The topological polar surface area (TPSA) is 101 Å². The van der Waals surface area contributed by atoms with Crippen molar-refractivity contribution in [3.63, 3.8) is 0 Å². The Hall–Kier alpha value is -0.990. The first-order valence-corrected chi connectivity index (χ1v) is 17.4. The minimum atomic E-state index is -4.12. The molecular weight excluding hydrogens is 514 g/mol. The van der Waals surface area contributed by atoms with Crippen molar-refractivity contribution in [3.05, 3.63) is 0 Å². The summed E-state index contributed by atoms with van der Waals surface area (Å²) in [6.07, 6.45) is 13.0. The zero-order valence-electron chi connectivity index (χ0n) is 24.4. The van der Waals surface area contributed by atoms with E-state index in [1.807, 2.05) is 0 Å². The molecule has 8 atom stereocenters. The van der Waals surface area contributed by atoms with Crippen LogP contribution >= 0.6 is 0 Å². The van der Waals surface area contributed by atoms with Crippen LogP contribution in [0.1, 0.15) is 104 Å². The Morgan fingerprint density at radius 2 is 1.74 bits per heavy atom. The van der Waals surface area contributed by atoms with E-state index in [1.54, 1.807) is 4.90 Å². The van der Waals surface area contributed by atoms with Gasteiger partial charge in [-0.3, -0.25) is 14.1 Å². The van der Waals surface area contributed by atoms with Gasteiger partial charge in [0.1, 0.15) is 5.78 Å². The van der Waals surface area contributed by atoms with Gasteiger partial charge in [-0.2, -0.15) is 8.42 Å². The summed E-state index contributed by atoms with van der Waals surface area (Å²) in [5.74, 6) is 4.02. The zero-order valence-corrected chi connectivity index (χ0v) is 25.2. The van der Waals surface area contributed by atoms with Crippen molar-refractivity contribution < 1.29 is 27.3 Å². The molecule has 0 radical (unpaired) electrons. The van der Waals surface area contributed by atoms with Gasteiger partial charge in [0, 0.05) is 45.1 Å². The van der Waals surface area contributed by atoms with E-state index < -0.39 is 15.9 Å². The van der Waals surface area contributed by atoms with Gasteiger partial charge in [0.15, 0.2) is 0 Å². The maximum absolute atomic E-state index is 13.4. The van der Waals surface area contributed by atoms with Crippen molar-refractivity contribution in [1.29, 1.82) is 0 Å². The van der Waals surface area contributed by atoms with Crippen LogP contribution in [0.3, 0.4) is 0 Å². The first-order chi connectivity index (χ1) is 18.4. The average Bonchev–Trinajstić information content (AvgIpc) is 3.25. The van der Waals surface area contributed by atoms with Crippen LogP contribution in [0.5, 0.6) is 0 Å². The number of ether oxygens (including phenoxy) is 1. The van der Waals surface area contributed by atoms with Gasteiger partial charge in [-0.15, -0.1) is 0 Å². The van der Waals surface area contributed by atoms with E-state index in [1.165, 1.54) is 38.5 Å². The van der Waals surface area contributed by atoms with E-state index in [-0.39, 0.29) is 18.5 Å². The molecule has 1 amide bonds. The van der Waals surface area contributed by atoms with Crippen LogP contribution in [0.2, 0.25) is 0 Å². The number of fused-ring (bicyclic) bond motifs is 5. The van der Waals surface area contributed by atoms with Crippen LogP contribution in [-0.4, -0.2) is 61.1 Å². The van der Waals surface area contributed by atoms with Crippen molar-refractivity contribution in [2.24, 2.45) is 46.3 Å². The summed E-state index contributed by atoms with van der Waals surface area (Å²) in [6.45, 7) is 8.60. The molecule has 5 rings (SSSR count). The van der Waals surface area contributed by atoms with Gasteiger partial charge in [0.05, 0.1) is 5.75 Å². The Morgan fingerprint density at radius 1 is 1.03 bits per heavy atom. The van der Waals surface area contributed by atoms with Crippen LogP contribution in [0, 0.1) is 46.3 Å². The molecule has 0 aromatic heterocycles. The molecule has 4 saturated carbocycles. The molecule has 0 aromatic rings. The molecule has 1 saturated heterocycles. The number of rotatable bonds is 8. The summed E-state index contributed by atoms with van der Waals surface area (Å²) in [5.41, 5.74) is 0.659. The number of amides is 1. The molecule has 5 aliphatic rings. The molecule has 0 aromatic carbocycles. The van der Waals surface area contributed by atoms with Gasteiger partial charge in [0.25, 0.3) is 10.1 Å². The lowest BCUT2D eigenvalue weighted by Crippen LogP contribution is -2.53. The molecule has 0 spiro atoms. The number of carbonyl (C=O) groups is 2. The fourth-order valence-electron chi connectivity index (χ4n) is 10.4. The highest BCUT2D eigenvalue weighted by molar-refractivity contribution is 7.85. The van der Waals surface area contributed by atoms with Crippen LogP contribution in [-0.2, 0) is 24.4 Å². The number of hydrogen-bond acceptors (Lipinski definition) is 5. The van der Waals surface area contributed by atoms with E-state index in [2.05, 4.69) is 20.8 Å². The lowest BCUT2D eigenvalue weighted by atomic mass is 9.44. The summed E-state index contributed by atoms with van der Waals surface area (Å²) in [5, 5.41) is 0. The molecule has 1 aliphatic heterocycles. The highest BCUT2D eigenvalue weighted by Crippen LogP contribution is 2.68. The third-order valence-electron chi connectivity index (χ3n) is 12.6. The Labute approximate surface area is 235 Å². The van der Waals surface area contributed by atoms with E-state index in [4.69, 9.17) is 4.74 Å². The van der Waals surface area contributed by atoms with Crippen molar-refractivity contribution in [1.82, 2.24) is 4.90 Å². The van der Waals surface area contributed by atoms with E-state index in [0.717, 1.165) is 43.4 Å². The van der Waals surface area contributed by atoms with Crippen molar-refractivity contribution in [2.45, 2.75) is 110 Å². The van der Waals surface area contributed by atoms with E-state index in [0.29, 0.717) is 66.8 Å². The molecule has 4 aliphatic carbocycles. The van der Waals surface area contributed by atoms with Gasteiger partial charge < -0.3 is 9.64 Å². The number of ketones is 1. The van der Waals surface area contributed by atoms with Crippen LogP contribution < -0.4 is 0 Å². The molecule has 0 bridgehead atoms. The molecule has 7 nitrogen and oxygen atoms in total. The maximum Gasteiger partial charge on any atom is 0.266 e. The van der Waals surface area contributed by atoms with Crippen molar-refractivity contribution in [3.8, 4) is 0 Å². The highest BCUT2D eigenvalue weighted by atomic mass is 32.2. The number of carbonyl (C=O) groups excluding carboxylic acids is 2. The molecule has 0 unspecified atom stereocenters. The first kappa shape index (κ1) is 29.5. The van der Waals surface area contributed by atoms with Crippen LogP contribution in [0.15, 0.2) is 0 Å². The summed E-state index contributed by atoms with van der Waals surface area (Å²) < 4.78 is 37.7. The minimum absolute atomic E-state index is 0.0129. The van der Waals surface area contributed by atoms with E-state index >= 15 is 0 Å². The van der Waals surface area contributed by atoms with Gasteiger partial charge in [-0.25, -0.2) is 0 Å².